The molecule has 0 bridgehead atoms. The third-order valence-electron chi connectivity index (χ3n) is 3.05. The van der Waals surface area contributed by atoms with Crippen LogP contribution in [0.25, 0.3) is 0 Å². The second kappa shape index (κ2) is 3.77. The van der Waals surface area contributed by atoms with Gasteiger partial charge in [0.15, 0.2) is 23.1 Å². The molecule has 0 radical (unpaired) electrons. The molecule has 0 N–H and O–H groups in total. The van der Waals surface area contributed by atoms with Gasteiger partial charge in [-0.15, -0.1) is 0 Å². The summed E-state index contributed by atoms with van der Waals surface area (Å²) in [5, 5.41) is 0. The highest BCUT2D eigenvalue weighted by molar-refractivity contribution is 5.52. The predicted molar refractivity (Wildman–Crippen MR) is 60.4 cm³/mol. The number of rotatable bonds is 0. The standard InChI is InChI=1S/C14H9F3O/c1-7-5-9-6-8-3-2-4-10(15)13(8)18-14(9)12(17)11(7)16/h2-5H,6H2,1H3. The highest BCUT2D eigenvalue weighted by Gasteiger charge is 2.25. The average molecular weight is 250 g/mol. The Morgan fingerprint density at radius 1 is 1.00 bits per heavy atom. The monoisotopic (exact) mass is 250 g/mol. The van der Waals surface area contributed by atoms with Crippen LogP contribution in [0.4, 0.5) is 13.2 Å². The maximum absolute atomic E-state index is 13.7. The number of halogens is 3. The smallest absolute Gasteiger partial charge is 0.201 e. The molecule has 1 aliphatic rings. The van der Waals surface area contributed by atoms with Crippen LogP contribution in [0.5, 0.6) is 11.5 Å². The van der Waals surface area contributed by atoms with Gasteiger partial charge in [-0.2, -0.15) is 4.39 Å². The van der Waals surface area contributed by atoms with Gasteiger partial charge in [-0.1, -0.05) is 12.1 Å². The number of aryl methyl sites for hydroxylation is 1. The third-order valence-corrected chi connectivity index (χ3v) is 3.05. The van der Waals surface area contributed by atoms with Gasteiger partial charge in [0.05, 0.1) is 0 Å². The first-order chi connectivity index (χ1) is 8.58. The van der Waals surface area contributed by atoms with Gasteiger partial charge in [-0.25, -0.2) is 8.78 Å². The van der Waals surface area contributed by atoms with E-state index in [1.807, 2.05) is 0 Å². The summed E-state index contributed by atoms with van der Waals surface area (Å²) in [5.41, 5.74) is 1.38. The Bertz CT molecular complexity index is 650. The van der Waals surface area contributed by atoms with Crippen molar-refractivity contribution in [3.63, 3.8) is 0 Å². The van der Waals surface area contributed by atoms with E-state index < -0.39 is 17.5 Å². The lowest BCUT2D eigenvalue weighted by Gasteiger charge is -2.21. The van der Waals surface area contributed by atoms with Crippen LogP contribution in [0.1, 0.15) is 16.7 Å². The fraction of sp³-hybridized carbons (Fsp3) is 0.143. The van der Waals surface area contributed by atoms with Gasteiger partial charge in [0.25, 0.3) is 0 Å². The molecule has 1 nitrogen and oxygen atoms in total. The van der Waals surface area contributed by atoms with E-state index >= 15 is 0 Å². The molecule has 2 aromatic rings. The minimum Gasteiger partial charge on any atom is -0.450 e. The van der Waals surface area contributed by atoms with Crippen molar-refractivity contribution in [1.82, 2.24) is 0 Å². The highest BCUT2D eigenvalue weighted by atomic mass is 19.2. The molecule has 0 atom stereocenters. The molecule has 2 aromatic carbocycles. The van der Waals surface area contributed by atoms with Crippen molar-refractivity contribution in [3.05, 3.63) is 58.4 Å². The zero-order chi connectivity index (χ0) is 12.9. The molecule has 0 fully saturated rings. The first-order valence-electron chi connectivity index (χ1n) is 5.50. The molecule has 0 saturated carbocycles. The maximum atomic E-state index is 13.7. The summed E-state index contributed by atoms with van der Waals surface area (Å²) in [6, 6.07) is 6.03. The summed E-state index contributed by atoms with van der Waals surface area (Å²) in [6.07, 6.45) is 0.334. The summed E-state index contributed by atoms with van der Waals surface area (Å²) in [7, 11) is 0. The van der Waals surface area contributed by atoms with Crippen LogP contribution >= 0.6 is 0 Å². The second-order valence-electron chi connectivity index (χ2n) is 4.32. The van der Waals surface area contributed by atoms with Crippen molar-refractivity contribution in [2.45, 2.75) is 13.3 Å². The van der Waals surface area contributed by atoms with Crippen LogP contribution in [0, 0.1) is 24.4 Å². The molecule has 0 unspecified atom stereocenters. The van der Waals surface area contributed by atoms with Crippen molar-refractivity contribution < 1.29 is 17.9 Å². The van der Waals surface area contributed by atoms with Gasteiger partial charge in [-0.3, -0.25) is 0 Å². The zero-order valence-corrected chi connectivity index (χ0v) is 9.56. The zero-order valence-electron chi connectivity index (χ0n) is 9.56. The van der Waals surface area contributed by atoms with Crippen molar-refractivity contribution in [2.75, 3.05) is 0 Å². The lowest BCUT2D eigenvalue weighted by atomic mass is 9.98. The minimum atomic E-state index is -1.06. The molecule has 0 aromatic heterocycles. The van der Waals surface area contributed by atoms with E-state index in [9.17, 15) is 13.2 Å². The van der Waals surface area contributed by atoms with Crippen LogP contribution in [0.3, 0.4) is 0 Å². The Labute approximate surface area is 102 Å². The molecule has 1 heterocycles. The number of hydrogen-bond acceptors (Lipinski definition) is 1. The molecule has 18 heavy (non-hydrogen) atoms. The van der Waals surface area contributed by atoms with Gasteiger partial charge < -0.3 is 4.74 Å². The summed E-state index contributed by atoms with van der Waals surface area (Å²) < 4.78 is 45.9. The number of benzene rings is 2. The number of ether oxygens (including phenoxy) is 1. The molecule has 0 saturated heterocycles. The number of para-hydroxylation sites is 1. The first kappa shape index (κ1) is 11.1. The van der Waals surface area contributed by atoms with Crippen LogP contribution in [-0.2, 0) is 6.42 Å². The second-order valence-corrected chi connectivity index (χ2v) is 4.32. The van der Waals surface area contributed by atoms with Crippen molar-refractivity contribution in [3.8, 4) is 11.5 Å². The van der Waals surface area contributed by atoms with Crippen LogP contribution in [-0.4, -0.2) is 0 Å². The highest BCUT2D eigenvalue weighted by Crippen LogP contribution is 2.40. The molecule has 0 aliphatic carbocycles. The van der Waals surface area contributed by atoms with Gasteiger partial charge in [-0.05, 0) is 24.6 Å². The lowest BCUT2D eigenvalue weighted by molar-refractivity contribution is 0.380. The fourth-order valence-corrected chi connectivity index (χ4v) is 2.16. The first-order valence-corrected chi connectivity index (χ1v) is 5.50. The van der Waals surface area contributed by atoms with E-state index in [-0.39, 0.29) is 17.1 Å². The summed E-state index contributed by atoms with van der Waals surface area (Å²) in [4.78, 5) is 0. The molecule has 0 amide bonds. The molecular formula is C14H9F3O. The molecule has 3 rings (SSSR count). The van der Waals surface area contributed by atoms with E-state index in [4.69, 9.17) is 4.74 Å². The quantitative estimate of drug-likeness (QED) is 0.583. The fourth-order valence-electron chi connectivity index (χ4n) is 2.16. The molecular weight excluding hydrogens is 241 g/mol. The minimum absolute atomic E-state index is 0.0212. The average Bonchev–Trinajstić information content (AvgIpc) is 2.35. The Kier molecular flexibility index (Phi) is 2.33. The Morgan fingerprint density at radius 2 is 1.78 bits per heavy atom. The maximum Gasteiger partial charge on any atom is 0.201 e. The SMILES string of the molecule is Cc1cc2c(c(F)c1F)Oc1c(F)cccc1C2. The predicted octanol–water partition coefficient (Wildman–Crippen LogP) is 4.11. The summed E-state index contributed by atoms with van der Waals surface area (Å²) >= 11 is 0. The van der Waals surface area contributed by atoms with E-state index in [0.717, 1.165) is 0 Å². The van der Waals surface area contributed by atoms with E-state index in [2.05, 4.69) is 0 Å². The summed E-state index contributed by atoms with van der Waals surface area (Å²) in [5.74, 6) is -2.81. The van der Waals surface area contributed by atoms with Crippen molar-refractivity contribution in [2.24, 2.45) is 0 Å². The van der Waals surface area contributed by atoms with Crippen LogP contribution < -0.4 is 4.74 Å². The third kappa shape index (κ3) is 1.49. The molecule has 1 aliphatic heterocycles. The van der Waals surface area contributed by atoms with E-state index in [1.54, 1.807) is 12.1 Å². The van der Waals surface area contributed by atoms with Crippen molar-refractivity contribution in [1.29, 1.82) is 0 Å². The van der Waals surface area contributed by atoms with Gasteiger partial charge in [0.2, 0.25) is 5.82 Å². The topological polar surface area (TPSA) is 9.23 Å². The number of fused-ring (bicyclic) bond motifs is 2. The molecule has 0 spiro atoms. The van der Waals surface area contributed by atoms with Gasteiger partial charge in [0.1, 0.15) is 0 Å². The largest absolute Gasteiger partial charge is 0.450 e. The Morgan fingerprint density at radius 3 is 2.56 bits per heavy atom. The molecule has 92 valence electrons. The van der Waals surface area contributed by atoms with Crippen molar-refractivity contribution >= 4 is 0 Å². The molecule has 4 heteroatoms. The van der Waals surface area contributed by atoms with Crippen LogP contribution in [0.15, 0.2) is 24.3 Å². The van der Waals surface area contributed by atoms with Crippen LogP contribution in [0.2, 0.25) is 0 Å². The summed E-state index contributed by atoms with van der Waals surface area (Å²) in [6.45, 7) is 1.49. The Hall–Kier alpha value is -1.97. The van der Waals surface area contributed by atoms with E-state index in [0.29, 0.717) is 17.5 Å². The van der Waals surface area contributed by atoms with Gasteiger partial charge in [0, 0.05) is 17.5 Å². The lowest BCUT2D eigenvalue weighted by Crippen LogP contribution is -2.08. The Balaban J connectivity index is 2.20. The normalized spacial score (nSPS) is 12.7. The number of hydrogen-bond donors (Lipinski definition) is 0. The van der Waals surface area contributed by atoms with E-state index in [1.165, 1.54) is 19.1 Å². The van der Waals surface area contributed by atoms with Gasteiger partial charge >= 0.3 is 0 Å².